The maximum absolute atomic E-state index is 5.70. The van der Waals surface area contributed by atoms with E-state index < -0.39 is 0 Å². The van der Waals surface area contributed by atoms with Crippen LogP contribution in [0.5, 0.6) is 5.75 Å². The van der Waals surface area contributed by atoms with Gasteiger partial charge in [0, 0.05) is 16.5 Å². The number of thiol groups is 1. The van der Waals surface area contributed by atoms with Crippen LogP contribution in [-0.4, -0.2) is 11.6 Å². The van der Waals surface area contributed by atoms with Crippen LogP contribution in [0.2, 0.25) is 0 Å². The summed E-state index contributed by atoms with van der Waals surface area (Å²) in [5.74, 6) is 2.37. The molecule has 4 heteroatoms. The van der Waals surface area contributed by atoms with Crippen LogP contribution in [0.15, 0.2) is 24.3 Å². The van der Waals surface area contributed by atoms with Gasteiger partial charge in [-0.1, -0.05) is 12.1 Å². The molecule has 1 aromatic carbocycles. The number of ether oxygens (including phenoxy) is 1. The van der Waals surface area contributed by atoms with Gasteiger partial charge in [0.25, 0.3) is 0 Å². The number of para-hydroxylation sites is 1. The molecular weight excluding hydrogens is 274 g/mol. The maximum atomic E-state index is 5.70. The lowest BCUT2D eigenvalue weighted by molar-refractivity contribution is 0.341. The summed E-state index contributed by atoms with van der Waals surface area (Å²) in [6, 6.07) is 8.14. The molecule has 0 N–H and O–H groups in total. The fourth-order valence-corrected chi connectivity index (χ4v) is 3.59. The second-order valence-corrected chi connectivity index (χ2v) is 6.09. The van der Waals surface area contributed by atoms with Crippen LogP contribution in [0.3, 0.4) is 0 Å². The Kier molecular flexibility index (Phi) is 3.80. The average molecular weight is 291 g/mol. The smallest absolute Gasteiger partial charge is 0.129 e. The van der Waals surface area contributed by atoms with E-state index in [9.17, 15) is 0 Å². The van der Waals surface area contributed by atoms with E-state index in [0.29, 0.717) is 12.5 Å². The first-order valence-corrected chi connectivity index (χ1v) is 8.11. The summed E-state index contributed by atoms with van der Waals surface area (Å²) in [7, 11) is 0. The molecule has 2 aromatic rings. The van der Waals surface area contributed by atoms with Crippen molar-refractivity contribution in [3.05, 3.63) is 34.8 Å². The van der Waals surface area contributed by atoms with Gasteiger partial charge >= 0.3 is 0 Å². The van der Waals surface area contributed by atoms with Crippen molar-refractivity contribution in [1.29, 1.82) is 0 Å². The van der Waals surface area contributed by atoms with Gasteiger partial charge in [-0.15, -0.1) is 11.3 Å². The van der Waals surface area contributed by atoms with Crippen LogP contribution in [-0.2, 0) is 5.75 Å². The monoisotopic (exact) mass is 291 g/mol. The number of thiazole rings is 1. The third-order valence-electron chi connectivity index (χ3n) is 3.25. The van der Waals surface area contributed by atoms with Crippen molar-refractivity contribution in [2.45, 2.75) is 31.4 Å². The van der Waals surface area contributed by atoms with Crippen molar-refractivity contribution >= 4 is 24.0 Å². The highest BCUT2D eigenvalue weighted by molar-refractivity contribution is 7.79. The number of hydrogen-bond acceptors (Lipinski definition) is 4. The van der Waals surface area contributed by atoms with Crippen LogP contribution in [0, 0.1) is 0 Å². The zero-order valence-corrected chi connectivity index (χ0v) is 12.6. The van der Waals surface area contributed by atoms with Crippen molar-refractivity contribution in [1.82, 2.24) is 4.98 Å². The Morgan fingerprint density at radius 2 is 2.16 bits per heavy atom. The second-order valence-electron chi connectivity index (χ2n) is 4.69. The summed E-state index contributed by atoms with van der Waals surface area (Å²) in [5.41, 5.74) is 2.37. The summed E-state index contributed by atoms with van der Waals surface area (Å²) in [6.45, 7) is 2.69. The summed E-state index contributed by atoms with van der Waals surface area (Å²) < 4.78 is 5.70. The molecule has 0 atom stereocenters. The van der Waals surface area contributed by atoms with Gasteiger partial charge in [0.1, 0.15) is 10.8 Å². The molecule has 0 radical (unpaired) electrons. The number of benzene rings is 1. The van der Waals surface area contributed by atoms with Gasteiger partial charge < -0.3 is 4.74 Å². The largest absolute Gasteiger partial charge is 0.493 e. The molecule has 1 fully saturated rings. The number of nitrogens with zero attached hydrogens (tertiary/aromatic N) is 1. The zero-order valence-electron chi connectivity index (χ0n) is 10.9. The van der Waals surface area contributed by atoms with E-state index in [1.807, 2.05) is 25.1 Å². The van der Waals surface area contributed by atoms with E-state index in [4.69, 9.17) is 9.72 Å². The fraction of sp³-hybridized carbons (Fsp3) is 0.400. The van der Waals surface area contributed by atoms with Gasteiger partial charge in [-0.05, 0) is 31.9 Å². The van der Waals surface area contributed by atoms with E-state index >= 15 is 0 Å². The molecule has 0 bridgehead atoms. The van der Waals surface area contributed by atoms with Crippen molar-refractivity contribution in [2.75, 3.05) is 6.61 Å². The number of aromatic nitrogens is 1. The SMILES string of the molecule is CCOc1ccccc1-c1nc(C2CC2)c(CS)s1. The van der Waals surface area contributed by atoms with Crippen molar-refractivity contribution in [2.24, 2.45) is 0 Å². The van der Waals surface area contributed by atoms with E-state index in [2.05, 4.69) is 18.7 Å². The fourth-order valence-electron chi connectivity index (χ4n) is 2.19. The van der Waals surface area contributed by atoms with E-state index in [-0.39, 0.29) is 0 Å². The lowest BCUT2D eigenvalue weighted by Gasteiger charge is -2.07. The Balaban J connectivity index is 2.01. The molecule has 0 aliphatic heterocycles. The van der Waals surface area contributed by atoms with Crippen molar-refractivity contribution in [3.63, 3.8) is 0 Å². The van der Waals surface area contributed by atoms with Crippen molar-refractivity contribution in [3.8, 4) is 16.3 Å². The molecular formula is C15H17NOS2. The Labute approximate surface area is 123 Å². The topological polar surface area (TPSA) is 22.1 Å². The third kappa shape index (κ3) is 2.65. The standard InChI is InChI=1S/C15H17NOS2/c1-2-17-12-6-4-3-5-11(12)15-16-14(10-7-8-10)13(9-18)19-15/h3-6,10,18H,2,7-9H2,1H3. The molecule has 1 aromatic heterocycles. The second kappa shape index (κ2) is 5.55. The Hall–Kier alpha value is -1.000. The van der Waals surface area contributed by atoms with Crippen molar-refractivity contribution < 1.29 is 4.74 Å². The maximum Gasteiger partial charge on any atom is 0.129 e. The first-order chi connectivity index (χ1) is 9.33. The Bertz CT molecular complexity index is 575. The summed E-state index contributed by atoms with van der Waals surface area (Å²) >= 11 is 6.19. The lowest BCUT2D eigenvalue weighted by atomic mass is 10.2. The molecule has 2 nitrogen and oxygen atoms in total. The predicted octanol–water partition coefficient (Wildman–Crippen LogP) is 4.52. The minimum absolute atomic E-state index is 0.673. The van der Waals surface area contributed by atoms with Crippen LogP contribution < -0.4 is 4.74 Å². The van der Waals surface area contributed by atoms with Gasteiger partial charge in [-0.2, -0.15) is 12.6 Å². The van der Waals surface area contributed by atoms with Gasteiger partial charge in [0.15, 0.2) is 0 Å². The molecule has 1 aliphatic rings. The Morgan fingerprint density at radius 3 is 2.84 bits per heavy atom. The third-order valence-corrected chi connectivity index (χ3v) is 4.89. The summed E-state index contributed by atoms with van der Waals surface area (Å²) in [6.07, 6.45) is 2.55. The Morgan fingerprint density at radius 1 is 1.37 bits per heavy atom. The molecule has 3 rings (SSSR count). The molecule has 100 valence electrons. The first-order valence-electron chi connectivity index (χ1n) is 6.66. The van der Waals surface area contributed by atoms with Gasteiger partial charge in [-0.3, -0.25) is 0 Å². The lowest BCUT2D eigenvalue weighted by Crippen LogP contribution is -1.93. The predicted molar refractivity (Wildman–Crippen MR) is 83.4 cm³/mol. The van der Waals surface area contributed by atoms with E-state index in [1.165, 1.54) is 23.4 Å². The van der Waals surface area contributed by atoms with E-state index in [0.717, 1.165) is 22.1 Å². The highest BCUT2D eigenvalue weighted by Gasteiger charge is 2.29. The van der Waals surface area contributed by atoms with Gasteiger partial charge in [0.2, 0.25) is 0 Å². The molecule has 19 heavy (non-hydrogen) atoms. The minimum atomic E-state index is 0.673. The summed E-state index contributed by atoms with van der Waals surface area (Å²) in [4.78, 5) is 6.16. The molecule has 1 aliphatic carbocycles. The van der Waals surface area contributed by atoms with E-state index in [1.54, 1.807) is 11.3 Å². The molecule has 1 saturated carbocycles. The minimum Gasteiger partial charge on any atom is -0.493 e. The number of rotatable bonds is 5. The highest BCUT2D eigenvalue weighted by Crippen LogP contribution is 2.45. The average Bonchev–Trinajstić information content (AvgIpc) is 3.19. The molecule has 0 spiro atoms. The highest BCUT2D eigenvalue weighted by atomic mass is 32.1. The molecule has 1 heterocycles. The summed E-state index contributed by atoms with van der Waals surface area (Å²) in [5, 5.41) is 1.06. The van der Waals surface area contributed by atoms with Crippen LogP contribution in [0.25, 0.3) is 10.6 Å². The molecule has 0 unspecified atom stereocenters. The normalized spacial score (nSPS) is 14.6. The zero-order chi connectivity index (χ0) is 13.2. The van der Waals surface area contributed by atoms with Crippen LogP contribution in [0.4, 0.5) is 0 Å². The van der Waals surface area contributed by atoms with Gasteiger partial charge in [-0.25, -0.2) is 4.98 Å². The van der Waals surface area contributed by atoms with Gasteiger partial charge in [0.05, 0.1) is 17.9 Å². The van der Waals surface area contributed by atoms with Crippen LogP contribution in [0.1, 0.15) is 36.3 Å². The number of hydrogen-bond donors (Lipinski definition) is 1. The van der Waals surface area contributed by atoms with Crippen LogP contribution >= 0.6 is 24.0 Å². The molecule has 0 amide bonds. The first kappa shape index (κ1) is 13.0. The molecule has 0 saturated heterocycles. The quantitative estimate of drug-likeness (QED) is 0.818.